The second-order valence-corrected chi connectivity index (χ2v) is 6.73. The first-order valence-corrected chi connectivity index (χ1v) is 8.90. The Kier molecular flexibility index (Phi) is 7.17. The highest BCUT2D eigenvalue weighted by Crippen LogP contribution is 2.31. The molecule has 0 spiro atoms. The highest BCUT2D eigenvalue weighted by atomic mass is 79.9. The highest BCUT2D eigenvalue weighted by molar-refractivity contribution is 9.10. The van der Waals surface area contributed by atoms with Gasteiger partial charge in [0.25, 0.3) is 0 Å². The summed E-state index contributed by atoms with van der Waals surface area (Å²) in [5, 5.41) is 5.70. The summed E-state index contributed by atoms with van der Waals surface area (Å²) in [5.74, 6) is 0.636. The average molecular weight is 385 g/mol. The minimum absolute atomic E-state index is 0.227. The van der Waals surface area contributed by atoms with Gasteiger partial charge < -0.3 is 20.1 Å². The maximum Gasteiger partial charge on any atom is 0.319 e. The summed E-state index contributed by atoms with van der Waals surface area (Å²) in [4.78, 5) is 12.0. The van der Waals surface area contributed by atoms with E-state index < -0.39 is 0 Å². The standard InChI is InChI=1S/C17H25BrN2O3/c1-12-10-13(18)11-15(22-2)16(12)20-17(21)19-8-5-9-23-14-6-3-4-7-14/h10-11,14H,3-9H2,1-2H3,(H2,19,20,21). The highest BCUT2D eigenvalue weighted by Gasteiger charge is 2.15. The van der Waals surface area contributed by atoms with Crippen LogP contribution in [-0.2, 0) is 4.74 Å². The van der Waals surface area contributed by atoms with Crippen molar-refractivity contribution in [3.63, 3.8) is 0 Å². The summed E-state index contributed by atoms with van der Waals surface area (Å²) < 4.78 is 12.0. The van der Waals surface area contributed by atoms with Crippen molar-refractivity contribution in [1.82, 2.24) is 5.32 Å². The Balaban J connectivity index is 1.72. The quantitative estimate of drug-likeness (QED) is 0.691. The van der Waals surface area contributed by atoms with Crippen molar-refractivity contribution >= 4 is 27.6 Å². The largest absolute Gasteiger partial charge is 0.495 e. The molecule has 1 aromatic carbocycles. The maximum absolute atomic E-state index is 12.0. The van der Waals surface area contributed by atoms with Crippen molar-refractivity contribution < 1.29 is 14.3 Å². The molecular formula is C17H25BrN2O3. The molecule has 0 radical (unpaired) electrons. The molecule has 1 aliphatic carbocycles. The SMILES string of the molecule is COc1cc(Br)cc(C)c1NC(=O)NCCCOC1CCCC1. The van der Waals surface area contributed by atoms with Crippen LogP contribution in [0.2, 0.25) is 0 Å². The summed E-state index contributed by atoms with van der Waals surface area (Å²) in [7, 11) is 1.59. The normalized spacial score (nSPS) is 14.7. The van der Waals surface area contributed by atoms with Crippen LogP contribution >= 0.6 is 15.9 Å². The number of halogens is 1. The zero-order valence-electron chi connectivity index (χ0n) is 13.8. The van der Waals surface area contributed by atoms with E-state index in [0.29, 0.717) is 30.7 Å². The predicted octanol–water partition coefficient (Wildman–Crippen LogP) is 4.24. The van der Waals surface area contributed by atoms with Gasteiger partial charge in [0.15, 0.2) is 0 Å². The topological polar surface area (TPSA) is 59.6 Å². The van der Waals surface area contributed by atoms with E-state index in [-0.39, 0.29) is 6.03 Å². The zero-order chi connectivity index (χ0) is 16.7. The summed E-state index contributed by atoms with van der Waals surface area (Å²) in [6, 6.07) is 3.54. The Hall–Kier alpha value is -1.27. The van der Waals surface area contributed by atoms with Gasteiger partial charge in [0, 0.05) is 17.6 Å². The fourth-order valence-electron chi connectivity index (χ4n) is 2.77. The van der Waals surface area contributed by atoms with Crippen LogP contribution in [0.3, 0.4) is 0 Å². The third-order valence-electron chi connectivity index (χ3n) is 3.98. The second kappa shape index (κ2) is 9.13. The van der Waals surface area contributed by atoms with Gasteiger partial charge in [0.05, 0.1) is 18.9 Å². The van der Waals surface area contributed by atoms with Crippen molar-refractivity contribution in [2.24, 2.45) is 0 Å². The first kappa shape index (κ1) is 18.1. The van der Waals surface area contributed by atoms with E-state index in [1.807, 2.05) is 19.1 Å². The molecule has 6 heteroatoms. The van der Waals surface area contributed by atoms with Crippen LogP contribution in [0.1, 0.15) is 37.7 Å². The summed E-state index contributed by atoms with van der Waals surface area (Å²) in [6.07, 6.45) is 6.16. The van der Waals surface area contributed by atoms with Crippen molar-refractivity contribution in [1.29, 1.82) is 0 Å². The lowest BCUT2D eigenvalue weighted by molar-refractivity contribution is 0.0572. The third kappa shape index (κ3) is 5.70. The molecule has 0 unspecified atom stereocenters. The molecule has 2 N–H and O–H groups in total. The number of hydrogen-bond donors (Lipinski definition) is 2. The van der Waals surface area contributed by atoms with Gasteiger partial charge in [-0.25, -0.2) is 4.79 Å². The van der Waals surface area contributed by atoms with Gasteiger partial charge in [-0.05, 0) is 43.9 Å². The van der Waals surface area contributed by atoms with Crippen molar-refractivity contribution in [2.45, 2.75) is 45.1 Å². The molecule has 2 rings (SSSR count). The Labute approximate surface area is 146 Å². The van der Waals surface area contributed by atoms with Crippen molar-refractivity contribution in [3.05, 3.63) is 22.2 Å². The van der Waals surface area contributed by atoms with Gasteiger partial charge in [0.1, 0.15) is 5.75 Å². The Morgan fingerprint density at radius 1 is 1.35 bits per heavy atom. The number of nitrogens with one attached hydrogen (secondary N) is 2. The molecule has 1 aromatic rings. The van der Waals surface area contributed by atoms with Gasteiger partial charge in [-0.1, -0.05) is 28.8 Å². The third-order valence-corrected chi connectivity index (χ3v) is 4.44. The van der Waals surface area contributed by atoms with Crippen LogP contribution in [0.25, 0.3) is 0 Å². The van der Waals surface area contributed by atoms with E-state index in [2.05, 4.69) is 26.6 Å². The first-order chi connectivity index (χ1) is 11.1. The molecule has 2 amide bonds. The van der Waals surface area contributed by atoms with E-state index in [0.717, 1.165) is 16.5 Å². The minimum atomic E-state index is -0.227. The lowest BCUT2D eigenvalue weighted by Crippen LogP contribution is -2.30. The zero-order valence-corrected chi connectivity index (χ0v) is 15.4. The summed E-state index contributed by atoms with van der Waals surface area (Å²) in [6.45, 7) is 3.22. The average Bonchev–Trinajstić information content (AvgIpc) is 3.02. The molecule has 0 aliphatic heterocycles. The van der Waals surface area contributed by atoms with Crippen LogP contribution in [0.15, 0.2) is 16.6 Å². The summed E-state index contributed by atoms with van der Waals surface area (Å²) >= 11 is 3.42. The number of aryl methyl sites for hydroxylation is 1. The molecule has 1 aliphatic rings. The molecule has 0 aromatic heterocycles. The van der Waals surface area contributed by atoms with E-state index >= 15 is 0 Å². The lowest BCUT2D eigenvalue weighted by Gasteiger charge is -2.15. The molecular weight excluding hydrogens is 360 g/mol. The van der Waals surface area contributed by atoms with Gasteiger partial charge in [-0.15, -0.1) is 0 Å². The van der Waals surface area contributed by atoms with E-state index in [1.165, 1.54) is 25.7 Å². The van der Waals surface area contributed by atoms with Crippen molar-refractivity contribution in [3.8, 4) is 5.75 Å². The first-order valence-electron chi connectivity index (χ1n) is 8.10. The number of urea groups is 1. The minimum Gasteiger partial charge on any atom is -0.495 e. The Morgan fingerprint density at radius 2 is 2.09 bits per heavy atom. The number of methoxy groups -OCH3 is 1. The Morgan fingerprint density at radius 3 is 2.78 bits per heavy atom. The van der Waals surface area contributed by atoms with E-state index in [1.54, 1.807) is 7.11 Å². The molecule has 0 heterocycles. The smallest absolute Gasteiger partial charge is 0.319 e. The monoisotopic (exact) mass is 384 g/mol. The van der Waals surface area contributed by atoms with Crippen LogP contribution in [0.4, 0.5) is 10.5 Å². The molecule has 0 atom stereocenters. The van der Waals surface area contributed by atoms with Gasteiger partial charge in [0.2, 0.25) is 0 Å². The van der Waals surface area contributed by atoms with Crippen LogP contribution in [0.5, 0.6) is 5.75 Å². The molecule has 0 bridgehead atoms. The fourth-order valence-corrected chi connectivity index (χ4v) is 3.32. The molecule has 1 saturated carbocycles. The molecule has 23 heavy (non-hydrogen) atoms. The summed E-state index contributed by atoms with van der Waals surface area (Å²) in [5.41, 5.74) is 1.63. The number of carbonyl (C=O) groups is 1. The van der Waals surface area contributed by atoms with Crippen LogP contribution in [-0.4, -0.2) is 32.4 Å². The van der Waals surface area contributed by atoms with Crippen LogP contribution < -0.4 is 15.4 Å². The van der Waals surface area contributed by atoms with Gasteiger partial charge >= 0.3 is 6.03 Å². The van der Waals surface area contributed by atoms with Crippen molar-refractivity contribution in [2.75, 3.05) is 25.6 Å². The number of hydrogen-bond acceptors (Lipinski definition) is 3. The number of benzene rings is 1. The molecule has 0 saturated heterocycles. The number of rotatable bonds is 7. The number of anilines is 1. The number of carbonyl (C=O) groups excluding carboxylic acids is 1. The van der Waals surface area contributed by atoms with E-state index in [4.69, 9.17) is 9.47 Å². The second-order valence-electron chi connectivity index (χ2n) is 5.81. The molecule has 5 nitrogen and oxygen atoms in total. The van der Waals surface area contributed by atoms with E-state index in [9.17, 15) is 4.79 Å². The van der Waals surface area contributed by atoms with Gasteiger partial charge in [-0.2, -0.15) is 0 Å². The predicted molar refractivity (Wildman–Crippen MR) is 95.3 cm³/mol. The maximum atomic E-state index is 12.0. The number of ether oxygens (including phenoxy) is 2. The van der Waals surface area contributed by atoms with Gasteiger partial charge in [-0.3, -0.25) is 0 Å². The molecule has 1 fully saturated rings. The Bertz CT molecular complexity index is 531. The van der Waals surface area contributed by atoms with Crippen LogP contribution in [0, 0.1) is 6.92 Å². The lowest BCUT2D eigenvalue weighted by atomic mass is 10.2. The fraction of sp³-hybridized carbons (Fsp3) is 0.588. The number of amides is 2. The molecule has 128 valence electrons.